The van der Waals surface area contributed by atoms with Crippen molar-refractivity contribution in [2.24, 2.45) is 0 Å². The molecule has 0 unspecified atom stereocenters. The van der Waals surface area contributed by atoms with Crippen LogP contribution in [0.1, 0.15) is 28.7 Å². The van der Waals surface area contributed by atoms with E-state index in [2.05, 4.69) is 20.9 Å². The van der Waals surface area contributed by atoms with Crippen LogP contribution < -0.4 is 0 Å². The maximum absolute atomic E-state index is 11.4. The van der Waals surface area contributed by atoms with Crippen LogP contribution in [0.5, 0.6) is 0 Å². The minimum absolute atomic E-state index is 0.293. The molecule has 0 radical (unpaired) electrons. The van der Waals surface area contributed by atoms with Gasteiger partial charge in [0.1, 0.15) is 11.8 Å². The van der Waals surface area contributed by atoms with Gasteiger partial charge in [0, 0.05) is 5.69 Å². The molecule has 0 aliphatic heterocycles. The molecule has 4 nitrogen and oxygen atoms in total. The Morgan fingerprint density at radius 2 is 2.36 bits per heavy atom. The number of nitriles is 1. The van der Waals surface area contributed by atoms with Gasteiger partial charge < -0.3 is 9.72 Å². The minimum Gasteiger partial charge on any atom is -0.461 e. The number of carbonyl (C=O) groups excluding carboxylic acids is 1. The Bertz CT molecular complexity index is 404. The molecule has 0 aliphatic carbocycles. The van der Waals surface area contributed by atoms with Crippen molar-refractivity contribution in [2.45, 2.75) is 13.8 Å². The van der Waals surface area contributed by atoms with Gasteiger partial charge in [0.05, 0.1) is 16.6 Å². The van der Waals surface area contributed by atoms with Crippen LogP contribution in [0.3, 0.4) is 0 Å². The maximum atomic E-state index is 11.4. The molecule has 0 fully saturated rings. The van der Waals surface area contributed by atoms with Crippen molar-refractivity contribution in [3.8, 4) is 6.07 Å². The number of ether oxygens (including phenoxy) is 1. The van der Waals surface area contributed by atoms with Crippen LogP contribution in [-0.4, -0.2) is 17.6 Å². The third kappa shape index (κ3) is 1.80. The third-order valence-corrected chi connectivity index (χ3v) is 2.51. The van der Waals surface area contributed by atoms with E-state index in [9.17, 15) is 4.79 Å². The van der Waals surface area contributed by atoms with Crippen LogP contribution in [0.15, 0.2) is 4.47 Å². The quantitative estimate of drug-likeness (QED) is 0.825. The van der Waals surface area contributed by atoms with Crippen LogP contribution in [0.2, 0.25) is 0 Å². The van der Waals surface area contributed by atoms with Gasteiger partial charge in [-0.15, -0.1) is 0 Å². The molecule has 1 rings (SSSR count). The first-order chi connectivity index (χ1) is 6.61. The molecule has 1 aromatic heterocycles. The molecule has 0 atom stereocenters. The molecule has 1 heterocycles. The zero-order valence-electron chi connectivity index (χ0n) is 7.85. The van der Waals surface area contributed by atoms with Crippen molar-refractivity contribution in [1.29, 1.82) is 5.26 Å². The third-order valence-electron chi connectivity index (χ3n) is 1.72. The highest BCUT2D eigenvalue weighted by atomic mass is 79.9. The fraction of sp³-hybridized carbons (Fsp3) is 0.333. The van der Waals surface area contributed by atoms with E-state index in [1.165, 1.54) is 0 Å². The van der Waals surface area contributed by atoms with Gasteiger partial charge in [-0.1, -0.05) is 0 Å². The molecule has 0 aromatic carbocycles. The SMILES string of the molecule is CCOC(=O)c1[nH]c(C)c(C#N)c1Br. The average molecular weight is 257 g/mol. The number of esters is 1. The Balaban J connectivity index is 3.13. The molecule has 5 heteroatoms. The highest BCUT2D eigenvalue weighted by Gasteiger charge is 2.18. The molecule has 1 N–H and O–H groups in total. The summed E-state index contributed by atoms with van der Waals surface area (Å²) in [6, 6.07) is 2.00. The molecule has 0 saturated heterocycles. The van der Waals surface area contributed by atoms with Crippen molar-refractivity contribution in [2.75, 3.05) is 6.61 Å². The summed E-state index contributed by atoms with van der Waals surface area (Å²) in [5, 5.41) is 8.77. The summed E-state index contributed by atoms with van der Waals surface area (Å²) in [5.74, 6) is -0.455. The van der Waals surface area contributed by atoms with Gasteiger partial charge in [-0.2, -0.15) is 5.26 Å². The summed E-state index contributed by atoms with van der Waals surface area (Å²) >= 11 is 3.18. The molecule has 14 heavy (non-hydrogen) atoms. The molecular formula is C9H9BrN2O2. The zero-order chi connectivity index (χ0) is 10.7. The number of rotatable bonds is 2. The van der Waals surface area contributed by atoms with Gasteiger partial charge in [0.2, 0.25) is 0 Å². The van der Waals surface area contributed by atoms with Crippen molar-refractivity contribution in [1.82, 2.24) is 4.98 Å². The minimum atomic E-state index is -0.455. The van der Waals surface area contributed by atoms with Crippen LogP contribution >= 0.6 is 15.9 Å². The molecule has 1 aromatic rings. The predicted octanol–water partition coefficient (Wildman–Crippen LogP) is 2.13. The number of hydrogen-bond acceptors (Lipinski definition) is 3. The Labute approximate surface area is 90.0 Å². The second-order valence-corrected chi connectivity index (χ2v) is 3.44. The smallest absolute Gasteiger partial charge is 0.355 e. The van der Waals surface area contributed by atoms with Gasteiger partial charge in [-0.3, -0.25) is 0 Å². The molecule has 0 saturated carbocycles. The first-order valence-electron chi connectivity index (χ1n) is 4.07. The number of halogens is 1. The standard InChI is InChI=1S/C9H9BrN2O2/c1-3-14-9(13)8-7(10)6(4-11)5(2)12-8/h12H,3H2,1-2H3. The molecular weight excluding hydrogens is 248 g/mol. The Morgan fingerprint density at radius 1 is 1.71 bits per heavy atom. The molecule has 0 bridgehead atoms. The van der Waals surface area contributed by atoms with Crippen molar-refractivity contribution in [3.63, 3.8) is 0 Å². The summed E-state index contributed by atoms with van der Waals surface area (Å²) in [6.07, 6.45) is 0. The number of nitrogens with zero attached hydrogens (tertiary/aromatic N) is 1. The van der Waals surface area contributed by atoms with Crippen LogP contribution in [-0.2, 0) is 4.74 Å². The van der Waals surface area contributed by atoms with E-state index in [1.807, 2.05) is 6.07 Å². The maximum Gasteiger partial charge on any atom is 0.355 e. The van der Waals surface area contributed by atoms with Gasteiger partial charge in [-0.25, -0.2) is 4.79 Å². The monoisotopic (exact) mass is 256 g/mol. The van der Waals surface area contributed by atoms with Crippen LogP contribution in [0, 0.1) is 18.3 Å². The average Bonchev–Trinajstić information content (AvgIpc) is 2.42. The van der Waals surface area contributed by atoms with Gasteiger partial charge in [-0.05, 0) is 29.8 Å². The fourth-order valence-electron chi connectivity index (χ4n) is 1.07. The highest BCUT2D eigenvalue weighted by molar-refractivity contribution is 9.10. The van der Waals surface area contributed by atoms with Crippen LogP contribution in [0.25, 0.3) is 0 Å². The number of hydrogen-bond donors (Lipinski definition) is 1. The van der Waals surface area contributed by atoms with E-state index >= 15 is 0 Å². The normalized spacial score (nSPS) is 9.57. The second kappa shape index (κ2) is 4.29. The molecule has 0 spiro atoms. The van der Waals surface area contributed by atoms with E-state index in [-0.39, 0.29) is 0 Å². The summed E-state index contributed by atoms with van der Waals surface area (Å²) in [6.45, 7) is 3.77. The lowest BCUT2D eigenvalue weighted by molar-refractivity contribution is 0.0519. The number of nitrogens with one attached hydrogen (secondary N) is 1. The van der Waals surface area contributed by atoms with E-state index in [4.69, 9.17) is 10.00 Å². The largest absolute Gasteiger partial charge is 0.461 e. The summed E-state index contributed by atoms with van der Waals surface area (Å²) in [4.78, 5) is 14.2. The van der Waals surface area contributed by atoms with Gasteiger partial charge in [0.15, 0.2) is 0 Å². The molecule has 74 valence electrons. The van der Waals surface area contributed by atoms with Crippen molar-refractivity contribution >= 4 is 21.9 Å². The Hall–Kier alpha value is -1.28. The Morgan fingerprint density at radius 3 is 2.79 bits per heavy atom. The molecule has 0 amide bonds. The Kier molecular flexibility index (Phi) is 3.31. The van der Waals surface area contributed by atoms with E-state index in [0.717, 1.165) is 0 Å². The van der Waals surface area contributed by atoms with Crippen LogP contribution in [0.4, 0.5) is 0 Å². The second-order valence-electron chi connectivity index (χ2n) is 2.65. The lowest BCUT2D eigenvalue weighted by Gasteiger charge is -1.98. The number of aromatic nitrogens is 1. The lowest BCUT2D eigenvalue weighted by atomic mass is 10.3. The fourth-order valence-corrected chi connectivity index (χ4v) is 1.72. The van der Waals surface area contributed by atoms with Gasteiger partial charge in [0.25, 0.3) is 0 Å². The van der Waals surface area contributed by atoms with Gasteiger partial charge >= 0.3 is 5.97 Å². The number of carbonyl (C=O) groups is 1. The first kappa shape index (κ1) is 10.8. The topological polar surface area (TPSA) is 65.9 Å². The van der Waals surface area contributed by atoms with Crippen molar-refractivity contribution in [3.05, 3.63) is 21.4 Å². The number of H-pyrrole nitrogens is 1. The predicted molar refractivity (Wildman–Crippen MR) is 53.9 cm³/mol. The first-order valence-corrected chi connectivity index (χ1v) is 4.86. The lowest BCUT2D eigenvalue weighted by Crippen LogP contribution is -2.05. The summed E-state index contributed by atoms with van der Waals surface area (Å²) < 4.78 is 5.28. The van der Waals surface area contributed by atoms with E-state index < -0.39 is 5.97 Å². The van der Waals surface area contributed by atoms with E-state index in [0.29, 0.717) is 28.0 Å². The summed E-state index contributed by atoms with van der Waals surface area (Å²) in [7, 11) is 0. The zero-order valence-corrected chi connectivity index (χ0v) is 9.43. The molecule has 0 aliphatic rings. The summed E-state index contributed by atoms with van der Waals surface area (Å²) in [5.41, 5.74) is 1.39. The highest BCUT2D eigenvalue weighted by Crippen LogP contribution is 2.24. The van der Waals surface area contributed by atoms with E-state index in [1.54, 1.807) is 13.8 Å². The number of aromatic amines is 1. The number of aryl methyl sites for hydroxylation is 1. The van der Waals surface area contributed by atoms with Crippen molar-refractivity contribution < 1.29 is 9.53 Å².